The molecule has 4 rings (SSSR count). The van der Waals surface area contributed by atoms with Crippen molar-refractivity contribution in [2.24, 2.45) is 34.4 Å². The quantitative estimate of drug-likeness (QED) is 0.0744. The molecule has 3 heterocycles. The molecule has 19 unspecified atom stereocenters. The van der Waals surface area contributed by atoms with E-state index in [1.165, 1.54) is 0 Å². The highest BCUT2D eigenvalue weighted by atomic mass is 16.8. The summed E-state index contributed by atoms with van der Waals surface area (Å²) in [6.45, 7) is 1.54. The number of carbonyl (C=O) groups is 1. The van der Waals surface area contributed by atoms with Crippen molar-refractivity contribution in [1.82, 2.24) is 5.32 Å². The van der Waals surface area contributed by atoms with Gasteiger partial charge < -0.3 is 98.8 Å². The smallest absolute Gasteiger partial charge is 0.220 e. The van der Waals surface area contributed by atoms with E-state index in [2.05, 4.69) is 5.32 Å². The maximum atomic E-state index is 12.6. The van der Waals surface area contributed by atoms with E-state index in [9.17, 15) is 35.4 Å². The molecule has 0 bridgehead atoms. The third-order valence-corrected chi connectivity index (χ3v) is 9.70. The van der Waals surface area contributed by atoms with E-state index in [4.69, 9.17) is 62.8 Å². The molecule has 1 saturated carbocycles. The van der Waals surface area contributed by atoms with Crippen LogP contribution in [0.5, 0.6) is 0 Å². The maximum absolute atomic E-state index is 12.6. The molecule has 3 saturated heterocycles. The topological polar surface area (TPSA) is 362 Å². The Morgan fingerprint density at radius 1 is 0.653 bits per heavy atom. The van der Waals surface area contributed by atoms with Gasteiger partial charge in [0.2, 0.25) is 5.91 Å². The summed E-state index contributed by atoms with van der Waals surface area (Å²) in [5.74, 6) is -0.262. The minimum atomic E-state index is -1.60. The van der Waals surface area contributed by atoms with Gasteiger partial charge in [-0.1, -0.05) is 19.8 Å². The number of hydrogen-bond acceptors (Lipinski definition) is 19. The normalized spacial score (nSPS) is 47.7. The lowest BCUT2D eigenvalue weighted by Crippen LogP contribution is -2.68. The highest BCUT2D eigenvalue weighted by Crippen LogP contribution is 2.34. The van der Waals surface area contributed by atoms with Crippen LogP contribution < -0.4 is 39.7 Å². The van der Waals surface area contributed by atoms with E-state index >= 15 is 0 Å². The van der Waals surface area contributed by atoms with E-state index in [1.807, 2.05) is 6.92 Å². The fourth-order valence-electron chi connectivity index (χ4n) is 6.60. The van der Waals surface area contributed by atoms with Gasteiger partial charge in [0, 0.05) is 38.1 Å². The summed E-state index contributed by atoms with van der Waals surface area (Å²) in [6.07, 6.45) is -17.1. The van der Waals surface area contributed by atoms with Crippen LogP contribution in [0.4, 0.5) is 0 Å². The zero-order valence-electron chi connectivity index (χ0n) is 27.6. The second-order valence-corrected chi connectivity index (χ2v) is 13.3. The van der Waals surface area contributed by atoms with Gasteiger partial charge in [-0.2, -0.15) is 0 Å². The Bertz CT molecular complexity index is 1040. The number of aliphatic hydroxyl groups is 6. The molecular formula is C29H57N7O13. The first-order valence-corrected chi connectivity index (χ1v) is 16.9. The molecule has 286 valence electrons. The molecule has 0 aromatic rings. The van der Waals surface area contributed by atoms with Gasteiger partial charge >= 0.3 is 0 Å². The number of nitrogens with two attached hydrogens (primary N) is 6. The Balaban J connectivity index is 1.54. The predicted molar refractivity (Wildman–Crippen MR) is 168 cm³/mol. The van der Waals surface area contributed by atoms with Gasteiger partial charge in [0.05, 0.1) is 18.2 Å². The molecule has 3 aliphatic heterocycles. The maximum Gasteiger partial charge on any atom is 0.220 e. The van der Waals surface area contributed by atoms with E-state index < -0.39 is 116 Å². The largest absolute Gasteiger partial charge is 0.389 e. The van der Waals surface area contributed by atoms with E-state index in [-0.39, 0.29) is 38.4 Å². The first kappa shape index (κ1) is 40.5. The number of hydrogen-bond donors (Lipinski definition) is 13. The molecule has 1 amide bonds. The van der Waals surface area contributed by atoms with Gasteiger partial charge in [-0.25, -0.2) is 0 Å². The average molecular weight is 712 g/mol. The summed E-state index contributed by atoms with van der Waals surface area (Å²) in [6, 6.07) is -4.24. The Labute approximate surface area is 284 Å². The van der Waals surface area contributed by atoms with Gasteiger partial charge in [-0.05, 0) is 12.8 Å². The fraction of sp³-hybridized carbons (Fsp3) is 0.966. The molecule has 1 aliphatic carbocycles. The average Bonchev–Trinajstić information content (AvgIpc) is 3.37. The first-order valence-electron chi connectivity index (χ1n) is 16.9. The van der Waals surface area contributed by atoms with Crippen LogP contribution in [-0.2, 0) is 33.2 Å². The van der Waals surface area contributed by atoms with Crippen molar-refractivity contribution in [3.63, 3.8) is 0 Å². The molecule has 0 radical (unpaired) electrons. The second-order valence-electron chi connectivity index (χ2n) is 13.3. The number of rotatable bonds is 14. The number of nitrogens with one attached hydrogen (secondary N) is 1. The molecule has 19 N–H and O–H groups in total. The third kappa shape index (κ3) is 9.22. The zero-order valence-corrected chi connectivity index (χ0v) is 27.6. The molecule has 0 spiro atoms. The Hall–Kier alpha value is -1.25. The van der Waals surface area contributed by atoms with Crippen molar-refractivity contribution < 1.29 is 63.9 Å². The summed E-state index contributed by atoms with van der Waals surface area (Å²) in [5.41, 5.74) is 36.2. The van der Waals surface area contributed by atoms with Crippen molar-refractivity contribution in [2.75, 3.05) is 19.6 Å². The van der Waals surface area contributed by atoms with Crippen LogP contribution in [0.1, 0.15) is 39.0 Å². The van der Waals surface area contributed by atoms with Crippen LogP contribution in [0, 0.1) is 0 Å². The van der Waals surface area contributed by atoms with Crippen LogP contribution >= 0.6 is 0 Å². The van der Waals surface area contributed by atoms with Crippen LogP contribution in [0.15, 0.2) is 0 Å². The zero-order chi connectivity index (χ0) is 36.2. The van der Waals surface area contributed by atoms with Gasteiger partial charge in [0.15, 0.2) is 18.9 Å². The Morgan fingerprint density at radius 2 is 1.16 bits per heavy atom. The molecule has 4 fully saturated rings. The summed E-state index contributed by atoms with van der Waals surface area (Å²) in [5, 5.41) is 67.0. The lowest BCUT2D eigenvalue weighted by atomic mass is 9.84. The number of carbonyl (C=O) groups excluding carboxylic acids is 1. The monoisotopic (exact) mass is 711 g/mol. The van der Waals surface area contributed by atoms with Crippen LogP contribution in [0.2, 0.25) is 0 Å². The van der Waals surface area contributed by atoms with Crippen LogP contribution in [0.25, 0.3) is 0 Å². The molecule has 20 heteroatoms. The molecule has 49 heavy (non-hydrogen) atoms. The van der Waals surface area contributed by atoms with Crippen LogP contribution in [-0.4, -0.2) is 172 Å². The lowest BCUT2D eigenvalue weighted by Gasteiger charge is -2.47. The van der Waals surface area contributed by atoms with Gasteiger partial charge in [-0.15, -0.1) is 0 Å². The van der Waals surface area contributed by atoms with E-state index in [0.29, 0.717) is 6.42 Å². The summed E-state index contributed by atoms with van der Waals surface area (Å²) in [4.78, 5) is 12.6. The van der Waals surface area contributed by atoms with E-state index in [0.717, 1.165) is 12.8 Å². The number of unbranched alkanes of at least 4 members (excludes halogenated alkanes) is 2. The summed E-state index contributed by atoms with van der Waals surface area (Å²) in [7, 11) is 0. The SMILES string of the molecule is CCCCCC(=O)NCC1OC(OC2C(O)C(N)CC(N)C2OC2OC(CN)C(O)C(O)C2N)C(O)C1OC1OC(CN)C(O)C(O)C1N. The summed E-state index contributed by atoms with van der Waals surface area (Å²) < 4.78 is 35.7. The van der Waals surface area contributed by atoms with Gasteiger partial charge in [0.1, 0.15) is 67.1 Å². The summed E-state index contributed by atoms with van der Waals surface area (Å²) >= 11 is 0. The van der Waals surface area contributed by atoms with Gasteiger partial charge in [0.25, 0.3) is 0 Å². The third-order valence-electron chi connectivity index (χ3n) is 9.70. The second kappa shape index (κ2) is 18.0. The molecule has 0 aromatic carbocycles. The Kier molecular flexibility index (Phi) is 14.9. The molecule has 19 atom stereocenters. The minimum Gasteiger partial charge on any atom is -0.389 e. The minimum absolute atomic E-state index is 0.0824. The Morgan fingerprint density at radius 3 is 1.69 bits per heavy atom. The van der Waals surface area contributed by atoms with Gasteiger partial charge in [-0.3, -0.25) is 4.79 Å². The van der Waals surface area contributed by atoms with Crippen molar-refractivity contribution in [1.29, 1.82) is 0 Å². The standard InChI is InChI=1S/C29H57N7O13/c1-2-3-4-5-15(37)36-9-14-25(48-28-17(35)22(42)20(40)13(8-31)45-28)23(43)29(46-14)49-26-18(38)10(32)6-11(33)24(26)47-27-16(34)21(41)19(39)12(7-30)44-27/h10-14,16-29,38-43H,2-9,30-35H2,1H3,(H,36,37). The fourth-order valence-corrected chi connectivity index (χ4v) is 6.60. The van der Waals surface area contributed by atoms with Crippen molar-refractivity contribution >= 4 is 5.91 Å². The molecule has 0 aromatic heterocycles. The van der Waals surface area contributed by atoms with E-state index in [1.54, 1.807) is 0 Å². The molecular weight excluding hydrogens is 654 g/mol. The van der Waals surface area contributed by atoms with Crippen molar-refractivity contribution in [3.8, 4) is 0 Å². The first-order chi connectivity index (χ1) is 23.2. The lowest BCUT2D eigenvalue weighted by molar-refractivity contribution is -0.306. The molecule has 20 nitrogen and oxygen atoms in total. The highest BCUT2D eigenvalue weighted by Gasteiger charge is 2.54. The number of ether oxygens (including phenoxy) is 6. The molecule has 4 aliphatic rings. The number of amides is 1. The van der Waals surface area contributed by atoms with Crippen molar-refractivity contribution in [3.05, 3.63) is 0 Å². The van der Waals surface area contributed by atoms with Crippen molar-refractivity contribution in [2.45, 2.75) is 155 Å². The highest BCUT2D eigenvalue weighted by molar-refractivity contribution is 5.75. The number of aliphatic hydroxyl groups excluding tert-OH is 6. The van der Waals surface area contributed by atoms with Crippen LogP contribution in [0.3, 0.4) is 0 Å². The predicted octanol–water partition coefficient (Wildman–Crippen LogP) is -7.19.